The molecule has 0 fully saturated rings. The van der Waals surface area contributed by atoms with E-state index in [0.29, 0.717) is 11.6 Å². The molecule has 0 heterocycles. The fourth-order valence-electron chi connectivity index (χ4n) is 2.45. The van der Waals surface area contributed by atoms with Gasteiger partial charge in [0.1, 0.15) is 11.7 Å². The molecule has 28 heavy (non-hydrogen) atoms. The Morgan fingerprint density at radius 2 is 1.57 bits per heavy atom. The Kier molecular flexibility index (Phi) is 7.51. The molecule has 0 saturated heterocycles. The molecule has 0 saturated carbocycles. The summed E-state index contributed by atoms with van der Waals surface area (Å²) in [7, 11) is 1.60. The van der Waals surface area contributed by atoms with Crippen molar-refractivity contribution >= 4 is 46.4 Å². The number of ketones is 1. The zero-order chi connectivity index (χ0) is 21.1. The highest BCUT2D eigenvalue weighted by molar-refractivity contribution is 6.48. The molecule has 1 unspecified atom stereocenters. The molecule has 2 rings (SSSR count). The van der Waals surface area contributed by atoms with Crippen LogP contribution in [-0.2, 0) is 0 Å². The van der Waals surface area contributed by atoms with Gasteiger partial charge in [-0.3, -0.25) is 4.79 Å². The Bertz CT molecular complexity index is 872. The van der Waals surface area contributed by atoms with E-state index in [1.54, 1.807) is 7.05 Å². The van der Waals surface area contributed by atoms with E-state index in [1.807, 2.05) is 0 Å². The van der Waals surface area contributed by atoms with Crippen LogP contribution in [0.15, 0.2) is 42.5 Å². The van der Waals surface area contributed by atoms with Gasteiger partial charge in [0.2, 0.25) is 0 Å². The minimum atomic E-state index is -4.79. The van der Waals surface area contributed by atoms with Gasteiger partial charge in [-0.2, -0.15) is 13.2 Å². The maximum atomic E-state index is 14.5. The average Bonchev–Trinajstić information content (AvgIpc) is 2.63. The molecule has 9 heteroatoms. The highest BCUT2D eigenvalue weighted by Crippen LogP contribution is 2.42. The van der Waals surface area contributed by atoms with Crippen molar-refractivity contribution in [1.82, 2.24) is 5.32 Å². The van der Waals surface area contributed by atoms with E-state index in [2.05, 4.69) is 5.32 Å². The molecule has 0 bridgehead atoms. The summed E-state index contributed by atoms with van der Waals surface area (Å²) in [6.07, 6.45) is -4.36. The number of rotatable bonds is 6. The van der Waals surface area contributed by atoms with Crippen molar-refractivity contribution in [3.63, 3.8) is 0 Å². The molecule has 1 N–H and O–H groups in total. The van der Waals surface area contributed by atoms with E-state index in [4.69, 9.17) is 34.8 Å². The minimum absolute atomic E-state index is 0.0840. The SMILES string of the molecule is CNCC(=O)c1ccc(/C(F)=C/C(c2cc(Cl)c(Cl)c(Cl)c2)C(F)(F)F)cc1. The third kappa shape index (κ3) is 5.47. The smallest absolute Gasteiger partial charge is 0.313 e. The van der Waals surface area contributed by atoms with E-state index in [1.165, 1.54) is 24.3 Å². The lowest BCUT2D eigenvalue weighted by Gasteiger charge is -2.19. The second-order valence-electron chi connectivity index (χ2n) is 5.86. The van der Waals surface area contributed by atoms with Gasteiger partial charge in [0, 0.05) is 11.1 Å². The normalized spacial score (nSPS) is 13.5. The first kappa shape index (κ1) is 22.7. The average molecular weight is 455 g/mol. The zero-order valence-corrected chi connectivity index (χ0v) is 16.6. The third-order valence-corrected chi connectivity index (χ3v) is 5.05. The van der Waals surface area contributed by atoms with Crippen molar-refractivity contribution in [1.29, 1.82) is 0 Å². The van der Waals surface area contributed by atoms with Crippen molar-refractivity contribution in [2.24, 2.45) is 0 Å². The van der Waals surface area contributed by atoms with Crippen molar-refractivity contribution < 1.29 is 22.4 Å². The van der Waals surface area contributed by atoms with Gasteiger partial charge in [0.15, 0.2) is 5.78 Å². The van der Waals surface area contributed by atoms with E-state index in [9.17, 15) is 22.4 Å². The van der Waals surface area contributed by atoms with Crippen molar-refractivity contribution in [2.75, 3.05) is 13.6 Å². The summed E-state index contributed by atoms with van der Waals surface area (Å²) in [4.78, 5) is 11.8. The van der Waals surface area contributed by atoms with Crippen LogP contribution in [0.2, 0.25) is 15.1 Å². The van der Waals surface area contributed by atoms with E-state index in [-0.39, 0.29) is 38.5 Å². The van der Waals surface area contributed by atoms with Crippen LogP contribution in [0.5, 0.6) is 0 Å². The van der Waals surface area contributed by atoms with Crippen LogP contribution >= 0.6 is 34.8 Å². The molecule has 2 aromatic carbocycles. The van der Waals surface area contributed by atoms with Gasteiger partial charge in [0.25, 0.3) is 0 Å². The van der Waals surface area contributed by atoms with E-state index >= 15 is 0 Å². The van der Waals surface area contributed by atoms with Gasteiger partial charge in [-0.05, 0) is 30.8 Å². The van der Waals surface area contributed by atoms with Crippen molar-refractivity contribution in [2.45, 2.75) is 12.1 Å². The molecule has 2 aromatic rings. The number of halogens is 7. The summed E-state index contributed by atoms with van der Waals surface area (Å²) >= 11 is 17.4. The molecule has 2 nitrogen and oxygen atoms in total. The summed E-state index contributed by atoms with van der Waals surface area (Å²) < 4.78 is 55.1. The van der Waals surface area contributed by atoms with Crippen LogP contribution in [0.25, 0.3) is 5.83 Å². The lowest BCUT2D eigenvalue weighted by molar-refractivity contribution is -0.139. The number of nitrogens with one attached hydrogen (secondary N) is 1. The first-order chi connectivity index (χ1) is 13.0. The summed E-state index contributed by atoms with van der Waals surface area (Å²) in [6.45, 7) is 0.0892. The maximum absolute atomic E-state index is 14.5. The van der Waals surface area contributed by atoms with Gasteiger partial charge < -0.3 is 5.32 Å². The molecular weight excluding hydrogens is 441 g/mol. The molecule has 0 amide bonds. The molecule has 1 atom stereocenters. The Morgan fingerprint density at radius 1 is 1.07 bits per heavy atom. The first-order valence-electron chi connectivity index (χ1n) is 7.91. The lowest BCUT2D eigenvalue weighted by Crippen LogP contribution is -2.19. The van der Waals surface area contributed by atoms with Gasteiger partial charge in [-0.1, -0.05) is 59.1 Å². The van der Waals surface area contributed by atoms with Gasteiger partial charge >= 0.3 is 6.18 Å². The lowest BCUT2D eigenvalue weighted by atomic mass is 9.96. The number of allylic oxidation sites excluding steroid dienone is 1. The Labute approximate surface area is 174 Å². The summed E-state index contributed by atoms with van der Waals surface area (Å²) in [5.74, 6) is -3.61. The highest BCUT2D eigenvalue weighted by atomic mass is 35.5. The molecule has 0 aliphatic heterocycles. The number of hydrogen-bond acceptors (Lipinski definition) is 2. The summed E-state index contributed by atoms with van der Waals surface area (Å²) in [5.41, 5.74) is -0.126. The predicted octanol–water partition coefficient (Wildman–Crippen LogP) is 6.71. The second-order valence-corrected chi connectivity index (χ2v) is 7.06. The Hall–Kier alpha value is -1.60. The number of likely N-dealkylation sites (N-methyl/N-ethyl adjacent to an activating group) is 1. The molecule has 0 spiro atoms. The standard InChI is InChI=1S/C19H14Cl3F4NO/c1-27-9-17(28)11-4-2-10(3-5-11)16(23)8-13(19(24,25)26)12-6-14(20)18(22)15(21)7-12/h2-8,13,27H,9H2,1H3/b16-8-. The largest absolute Gasteiger partial charge is 0.399 e. The van der Waals surface area contributed by atoms with Crippen molar-refractivity contribution in [3.8, 4) is 0 Å². The van der Waals surface area contributed by atoms with Crippen LogP contribution in [0.3, 0.4) is 0 Å². The van der Waals surface area contributed by atoms with Crippen LogP contribution in [0, 0.1) is 0 Å². The molecule has 0 aliphatic rings. The Balaban J connectivity index is 2.41. The van der Waals surface area contributed by atoms with Gasteiger partial charge in [-0.25, -0.2) is 4.39 Å². The first-order valence-corrected chi connectivity index (χ1v) is 9.04. The number of carbonyl (C=O) groups is 1. The fraction of sp³-hybridized carbons (Fsp3) is 0.211. The van der Waals surface area contributed by atoms with Crippen molar-refractivity contribution in [3.05, 3.63) is 74.2 Å². The molecular formula is C19H14Cl3F4NO. The monoisotopic (exact) mass is 453 g/mol. The highest BCUT2D eigenvalue weighted by Gasteiger charge is 2.40. The molecule has 0 aliphatic carbocycles. The molecule has 0 aromatic heterocycles. The van der Waals surface area contributed by atoms with E-state index < -0.39 is 17.9 Å². The summed E-state index contributed by atoms with van der Waals surface area (Å²) in [5, 5.41) is 2.27. The van der Waals surface area contributed by atoms with Gasteiger partial charge in [-0.15, -0.1) is 0 Å². The second kappa shape index (κ2) is 9.27. The third-order valence-electron chi connectivity index (χ3n) is 3.85. The molecule has 150 valence electrons. The van der Waals surface area contributed by atoms with Crippen LogP contribution in [0.1, 0.15) is 27.4 Å². The quantitative estimate of drug-likeness (QED) is 0.299. The molecule has 0 radical (unpaired) electrons. The topological polar surface area (TPSA) is 29.1 Å². The minimum Gasteiger partial charge on any atom is -0.313 e. The fourth-order valence-corrected chi connectivity index (χ4v) is 3.07. The number of carbonyl (C=O) groups excluding carboxylic acids is 1. The predicted molar refractivity (Wildman–Crippen MR) is 104 cm³/mol. The van der Waals surface area contributed by atoms with Crippen LogP contribution in [0.4, 0.5) is 17.6 Å². The number of hydrogen-bond donors (Lipinski definition) is 1. The number of Topliss-reactive ketones (excluding diaryl/α,β-unsaturated/α-hetero) is 1. The summed E-state index contributed by atoms with van der Waals surface area (Å²) in [6, 6.07) is 7.17. The van der Waals surface area contributed by atoms with E-state index in [0.717, 1.165) is 12.1 Å². The van der Waals surface area contributed by atoms with Crippen LogP contribution in [-0.4, -0.2) is 25.6 Å². The van der Waals surface area contributed by atoms with Gasteiger partial charge in [0.05, 0.1) is 21.6 Å². The number of alkyl halides is 3. The Morgan fingerprint density at radius 3 is 2.04 bits per heavy atom. The maximum Gasteiger partial charge on any atom is 0.399 e. The number of benzene rings is 2. The zero-order valence-electron chi connectivity index (χ0n) is 14.4. The van der Waals surface area contributed by atoms with Crippen LogP contribution < -0.4 is 5.32 Å².